The summed E-state index contributed by atoms with van der Waals surface area (Å²) in [5.41, 5.74) is 2.00. The zero-order valence-corrected chi connectivity index (χ0v) is 14.0. The molecule has 4 heteroatoms. The molecule has 0 unspecified atom stereocenters. The van der Waals surface area contributed by atoms with Gasteiger partial charge in [-0.25, -0.2) is 9.97 Å². The van der Waals surface area contributed by atoms with Crippen LogP contribution in [0.4, 0.5) is 5.82 Å². The van der Waals surface area contributed by atoms with Crippen molar-refractivity contribution in [1.82, 2.24) is 9.97 Å². The van der Waals surface area contributed by atoms with Gasteiger partial charge < -0.3 is 10.1 Å². The third-order valence-electron chi connectivity index (χ3n) is 4.54. The highest BCUT2D eigenvalue weighted by atomic mass is 16.5. The van der Waals surface area contributed by atoms with Crippen LogP contribution in [0.2, 0.25) is 0 Å². The second-order valence-electron chi connectivity index (χ2n) is 5.90. The van der Waals surface area contributed by atoms with Crippen LogP contribution in [0.15, 0.2) is 0 Å². The Bertz CT molecular complexity index is 465. The van der Waals surface area contributed by atoms with Crippen molar-refractivity contribution in [2.24, 2.45) is 0 Å². The largest absolute Gasteiger partial charge is 0.373 e. The van der Waals surface area contributed by atoms with Crippen LogP contribution in [0.25, 0.3) is 0 Å². The van der Waals surface area contributed by atoms with Crippen LogP contribution in [0.5, 0.6) is 0 Å². The SMILES string of the molecule is CCOC1(c2nc(C)c(CC)c(NC)n2)CCCCCC1. The molecule has 0 bridgehead atoms. The number of anilines is 1. The van der Waals surface area contributed by atoms with Gasteiger partial charge in [-0.2, -0.15) is 0 Å². The van der Waals surface area contributed by atoms with Gasteiger partial charge in [-0.05, 0) is 33.1 Å². The van der Waals surface area contributed by atoms with Gasteiger partial charge in [-0.3, -0.25) is 0 Å². The van der Waals surface area contributed by atoms with Gasteiger partial charge in [0.05, 0.1) is 0 Å². The summed E-state index contributed by atoms with van der Waals surface area (Å²) in [6.07, 6.45) is 8.01. The maximum Gasteiger partial charge on any atom is 0.162 e. The normalized spacial score (nSPS) is 18.3. The van der Waals surface area contributed by atoms with Crippen molar-refractivity contribution >= 4 is 5.82 Å². The van der Waals surface area contributed by atoms with E-state index in [-0.39, 0.29) is 5.60 Å². The Balaban J connectivity index is 2.46. The fourth-order valence-electron chi connectivity index (χ4n) is 3.44. The minimum atomic E-state index is -0.284. The molecular weight excluding hydrogens is 262 g/mol. The van der Waals surface area contributed by atoms with Crippen LogP contribution in [0, 0.1) is 6.92 Å². The molecule has 1 aliphatic carbocycles. The summed E-state index contributed by atoms with van der Waals surface area (Å²) in [6.45, 7) is 7.02. The summed E-state index contributed by atoms with van der Waals surface area (Å²) in [4.78, 5) is 9.66. The summed E-state index contributed by atoms with van der Waals surface area (Å²) < 4.78 is 6.21. The molecule has 1 saturated carbocycles. The average Bonchev–Trinajstić information content (AvgIpc) is 2.73. The number of nitrogens with one attached hydrogen (secondary N) is 1. The van der Waals surface area contributed by atoms with Crippen molar-refractivity contribution in [3.05, 3.63) is 17.1 Å². The average molecular weight is 291 g/mol. The summed E-state index contributed by atoms with van der Waals surface area (Å²) in [5, 5.41) is 3.24. The monoisotopic (exact) mass is 291 g/mol. The number of hydrogen-bond acceptors (Lipinski definition) is 4. The predicted octanol–water partition coefficient (Wildman–Crippen LogP) is 3.98. The Morgan fingerprint density at radius 1 is 1.10 bits per heavy atom. The predicted molar refractivity (Wildman–Crippen MR) is 86.7 cm³/mol. The quantitative estimate of drug-likeness (QED) is 0.834. The van der Waals surface area contributed by atoms with Crippen LogP contribution in [0.1, 0.15) is 69.5 Å². The molecule has 0 amide bonds. The van der Waals surface area contributed by atoms with E-state index in [1.54, 1.807) is 0 Å². The summed E-state index contributed by atoms with van der Waals surface area (Å²) in [6, 6.07) is 0. The van der Waals surface area contributed by atoms with Gasteiger partial charge in [0.2, 0.25) is 0 Å². The van der Waals surface area contributed by atoms with E-state index >= 15 is 0 Å². The van der Waals surface area contributed by atoms with E-state index in [1.165, 1.54) is 31.2 Å². The molecule has 1 aromatic rings. The Morgan fingerprint density at radius 3 is 2.29 bits per heavy atom. The first-order valence-electron chi connectivity index (χ1n) is 8.36. The lowest BCUT2D eigenvalue weighted by atomic mass is 9.92. The molecule has 1 aromatic heterocycles. The van der Waals surface area contributed by atoms with Crippen molar-refractivity contribution in [3.63, 3.8) is 0 Å². The van der Waals surface area contributed by atoms with Gasteiger partial charge in [0.15, 0.2) is 5.82 Å². The molecule has 0 atom stereocenters. The first-order valence-corrected chi connectivity index (χ1v) is 8.36. The second kappa shape index (κ2) is 7.21. The minimum absolute atomic E-state index is 0.284. The maximum atomic E-state index is 6.21. The Labute approximate surface area is 128 Å². The van der Waals surface area contributed by atoms with Crippen LogP contribution in [0.3, 0.4) is 0 Å². The molecule has 0 aromatic carbocycles. The molecule has 0 saturated heterocycles. The number of ether oxygens (including phenoxy) is 1. The fourth-order valence-corrected chi connectivity index (χ4v) is 3.44. The molecule has 2 rings (SSSR count). The molecule has 1 N–H and O–H groups in total. The van der Waals surface area contributed by atoms with Gasteiger partial charge in [-0.15, -0.1) is 0 Å². The zero-order chi connectivity index (χ0) is 15.3. The second-order valence-corrected chi connectivity index (χ2v) is 5.90. The molecule has 1 aliphatic rings. The highest BCUT2D eigenvalue weighted by Gasteiger charge is 2.37. The van der Waals surface area contributed by atoms with Crippen molar-refractivity contribution in [3.8, 4) is 0 Å². The lowest BCUT2D eigenvalue weighted by molar-refractivity contribution is -0.0624. The molecule has 4 nitrogen and oxygen atoms in total. The van der Waals surface area contributed by atoms with Crippen molar-refractivity contribution in [1.29, 1.82) is 0 Å². The smallest absolute Gasteiger partial charge is 0.162 e. The van der Waals surface area contributed by atoms with E-state index in [4.69, 9.17) is 14.7 Å². The Kier molecular flexibility index (Phi) is 5.57. The van der Waals surface area contributed by atoms with Crippen LogP contribution in [-0.2, 0) is 16.8 Å². The summed E-state index contributed by atoms with van der Waals surface area (Å²) in [5.74, 6) is 1.84. The first kappa shape index (κ1) is 16.2. The zero-order valence-electron chi connectivity index (χ0n) is 14.0. The number of aryl methyl sites for hydroxylation is 1. The molecule has 1 heterocycles. The number of nitrogens with zero attached hydrogens (tertiary/aromatic N) is 2. The van der Waals surface area contributed by atoms with E-state index in [2.05, 4.69) is 26.1 Å². The van der Waals surface area contributed by atoms with E-state index in [1.807, 2.05) is 7.05 Å². The number of rotatable bonds is 5. The van der Waals surface area contributed by atoms with Crippen LogP contribution < -0.4 is 5.32 Å². The highest BCUT2D eigenvalue weighted by molar-refractivity contribution is 5.46. The third-order valence-corrected chi connectivity index (χ3v) is 4.54. The molecular formula is C17H29N3O. The van der Waals surface area contributed by atoms with Crippen LogP contribution in [-0.4, -0.2) is 23.6 Å². The fraction of sp³-hybridized carbons (Fsp3) is 0.765. The van der Waals surface area contributed by atoms with E-state index in [0.29, 0.717) is 6.61 Å². The molecule has 0 radical (unpaired) electrons. The standard InChI is InChI=1S/C17H29N3O/c1-5-14-13(3)19-16(20-15(14)18-4)17(21-6-2)11-9-7-8-10-12-17/h5-12H2,1-4H3,(H,18,19,20). The van der Waals surface area contributed by atoms with Crippen LogP contribution >= 0.6 is 0 Å². The molecule has 0 aliphatic heterocycles. The van der Waals surface area contributed by atoms with Gasteiger partial charge in [-0.1, -0.05) is 32.6 Å². The lowest BCUT2D eigenvalue weighted by Gasteiger charge is -2.32. The molecule has 1 fully saturated rings. The van der Waals surface area contributed by atoms with Gasteiger partial charge in [0.25, 0.3) is 0 Å². The number of hydrogen-bond donors (Lipinski definition) is 1. The number of aromatic nitrogens is 2. The minimum Gasteiger partial charge on any atom is -0.373 e. The Hall–Kier alpha value is -1.16. The summed E-state index contributed by atoms with van der Waals surface area (Å²) >= 11 is 0. The summed E-state index contributed by atoms with van der Waals surface area (Å²) in [7, 11) is 1.94. The van der Waals surface area contributed by atoms with Crippen molar-refractivity contribution in [2.75, 3.05) is 19.0 Å². The topological polar surface area (TPSA) is 47.0 Å². The van der Waals surface area contributed by atoms with Crippen molar-refractivity contribution in [2.45, 2.75) is 71.3 Å². The Morgan fingerprint density at radius 2 is 1.76 bits per heavy atom. The first-order chi connectivity index (χ1) is 10.2. The van der Waals surface area contributed by atoms with E-state index in [0.717, 1.165) is 36.6 Å². The molecule has 0 spiro atoms. The van der Waals surface area contributed by atoms with E-state index < -0.39 is 0 Å². The molecule has 118 valence electrons. The third kappa shape index (κ3) is 3.37. The van der Waals surface area contributed by atoms with Gasteiger partial charge >= 0.3 is 0 Å². The molecule has 21 heavy (non-hydrogen) atoms. The van der Waals surface area contributed by atoms with Gasteiger partial charge in [0.1, 0.15) is 11.4 Å². The lowest BCUT2D eigenvalue weighted by Crippen LogP contribution is -2.32. The van der Waals surface area contributed by atoms with E-state index in [9.17, 15) is 0 Å². The van der Waals surface area contributed by atoms with Crippen molar-refractivity contribution < 1.29 is 4.74 Å². The maximum absolute atomic E-state index is 6.21. The van der Waals surface area contributed by atoms with Gasteiger partial charge in [0, 0.05) is 24.9 Å². The highest BCUT2D eigenvalue weighted by Crippen LogP contribution is 2.38.